The van der Waals surface area contributed by atoms with Crippen molar-refractivity contribution < 1.29 is 9.90 Å². The number of rotatable bonds is 4. The number of hydrogen-bond acceptors (Lipinski definition) is 3. The van der Waals surface area contributed by atoms with Crippen molar-refractivity contribution in [1.29, 1.82) is 5.26 Å². The maximum absolute atomic E-state index is 11.6. The number of nitrogens with one attached hydrogen (secondary N) is 1. The second kappa shape index (κ2) is 6.62. The summed E-state index contributed by atoms with van der Waals surface area (Å²) in [5.41, 5.74) is 1.52. The number of nitrogens with zero attached hydrogens (tertiary/aromatic N) is 2. The molecule has 5 heteroatoms. The van der Waals surface area contributed by atoms with Crippen LogP contribution in [-0.2, 0) is 6.54 Å². The van der Waals surface area contributed by atoms with Crippen molar-refractivity contribution in [2.24, 2.45) is 0 Å². The summed E-state index contributed by atoms with van der Waals surface area (Å²) in [7, 11) is 1.63. The fraction of sp³-hybridized carbons (Fsp3) is 0.385. The lowest BCUT2D eigenvalue weighted by atomic mass is 10.1. The van der Waals surface area contributed by atoms with Crippen LogP contribution >= 0.6 is 0 Å². The van der Waals surface area contributed by atoms with Gasteiger partial charge in [-0.1, -0.05) is 12.1 Å². The normalized spacial score (nSPS) is 11.4. The standard InChI is InChI=1S/C13H17N3O2/c1-10(17)9-16(2)13(18)15-8-12-5-3-11(7-14)4-6-12/h3-6,10,17H,8-9H2,1-2H3,(H,15,18). The summed E-state index contributed by atoms with van der Waals surface area (Å²) in [5.74, 6) is 0. The number of nitriles is 1. The number of amides is 2. The second-order valence-electron chi connectivity index (χ2n) is 4.20. The minimum absolute atomic E-state index is 0.236. The molecule has 1 unspecified atom stereocenters. The number of carbonyl (C=O) groups excluding carboxylic acids is 1. The first-order valence-corrected chi connectivity index (χ1v) is 5.69. The van der Waals surface area contributed by atoms with E-state index in [4.69, 9.17) is 10.4 Å². The number of aliphatic hydroxyl groups is 1. The lowest BCUT2D eigenvalue weighted by Gasteiger charge is -2.19. The number of likely N-dealkylation sites (N-methyl/N-ethyl adjacent to an activating group) is 1. The smallest absolute Gasteiger partial charge is 0.317 e. The Morgan fingerprint density at radius 3 is 2.61 bits per heavy atom. The number of aliphatic hydroxyl groups excluding tert-OH is 1. The van der Waals surface area contributed by atoms with Gasteiger partial charge in [-0.2, -0.15) is 5.26 Å². The third kappa shape index (κ3) is 4.44. The van der Waals surface area contributed by atoms with Crippen LogP contribution in [0.5, 0.6) is 0 Å². The number of hydrogen-bond donors (Lipinski definition) is 2. The number of urea groups is 1. The molecule has 0 bridgehead atoms. The fourth-order valence-electron chi connectivity index (χ4n) is 1.49. The van der Waals surface area contributed by atoms with Crippen LogP contribution < -0.4 is 5.32 Å². The van der Waals surface area contributed by atoms with E-state index >= 15 is 0 Å². The zero-order valence-corrected chi connectivity index (χ0v) is 10.6. The molecule has 0 heterocycles. The Hall–Kier alpha value is -2.06. The van der Waals surface area contributed by atoms with Gasteiger partial charge in [-0.15, -0.1) is 0 Å². The molecule has 18 heavy (non-hydrogen) atoms. The molecule has 0 spiro atoms. The summed E-state index contributed by atoms with van der Waals surface area (Å²) in [4.78, 5) is 13.1. The highest BCUT2D eigenvalue weighted by molar-refractivity contribution is 5.73. The van der Waals surface area contributed by atoms with E-state index in [0.29, 0.717) is 18.7 Å². The Kier molecular flexibility index (Phi) is 5.15. The maximum atomic E-state index is 11.6. The van der Waals surface area contributed by atoms with Gasteiger partial charge < -0.3 is 15.3 Å². The Morgan fingerprint density at radius 1 is 1.50 bits per heavy atom. The van der Waals surface area contributed by atoms with E-state index in [1.807, 2.05) is 6.07 Å². The third-order valence-electron chi connectivity index (χ3n) is 2.41. The van der Waals surface area contributed by atoms with Crippen LogP contribution in [0.1, 0.15) is 18.1 Å². The molecule has 0 radical (unpaired) electrons. The van der Waals surface area contributed by atoms with Gasteiger partial charge in [-0.25, -0.2) is 4.79 Å². The van der Waals surface area contributed by atoms with Crippen LogP contribution in [0.4, 0.5) is 4.79 Å². The molecule has 0 aromatic heterocycles. The average Bonchev–Trinajstić information content (AvgIpc) is 2.35. The minimum Gasteiger partial charge on any atom is -0.392 e. The van der Waals surface area contributed by atoms with E-state index in [9.17, 15) is 4.79 Å². The first-order valence-electron chi connectivity index (χ1n) is 5.69. The summed E-state index contributed by atoms with van der Waals surface area (Å²) in [6.07, 6.45) is -0.546. The molecular weight excluding hydrogens is 230 g/mol. The molecule has 0 saturated heterocycles. The summed E-state index contributed by atoms with van der Waals surface area (Å²) in [6, 6.07) is 8.82. The van der Waals surface area contributed by atoms with Crippen molar-refractivity contribution in [1.82, 2.24) is 10.2 Å². The molecular formula is C13H17N3O2. The molecule has 1 aromatic rings. The van der Waals surface area contributed by atoms with Crippen molar-refractivity contribution >= 4 is 6.03 Å². The highest BCUT2D eigenvalue weighted by atomic mass is 16.3. The summed E-state index contributed by atoms with van der Waals surface area (Å²) in [5, 5.41) is 20.6. The summed E-state index contributed by atoms with van der Waals surface area (Å²) < 4.78 is 0. The van der Waals surface area contributed by atoms with Crippen molar-refractivity contribution in [3.8, 4) is 6.07 Å². The molecule has 1 aromatic carbocycles. The van der Waals surface area contributed by atoms with Gasteiger partial charge in [0.15, 0.2) is 0 Å². The SMILES string of the molecule is CC(O)CN(C)C(=O)NCc1ccc(C#N)cc1. The molecule has 0 aliphatic carbocycles. The zero-order valence-electron chi connectivity index (χ0n) is 10.6. The first-order chi connectivity index (χ1) is 8.52. The van der Waals surface area contributed by atoms with Gasteiger partial charge in [0.25, 0.3) is 0 Å². The lowest BCUT2D eigenvalue weighted by molar-refractivity contribution is 0.143. The third-order valence-corrected chi connectivity index (χ3v) is 2.41. The molecule has 96 valence electrons. The van der Waals surface area contributed by atoms with Crippen LogP contribution in [0.25, 0.3) is 0 Å². The molecule has 1 atom stereocenters. The molecule has 1 rings (SSSR count). The van der Waals surface area contributed by atoms with Gasteiger partial charge >= 0.3 is 6.03 Å². The van der Waals surface area contributed by atoms with Gasteiger partial charge in [0.05, 0.1) is 17.7 Å². The van der Waals surface area contributed by atoms with Gasteiger partial charge in [-0.05, 0) is 24.6 Å². The van der Waals surface area contributed by atoms with Crippen LogP contribution in [0.3, 0.4) is 0 Å². The van der Waals surface area contributed by atoms with Crippen molar-refractivity contribution in [2.45, 2.75) is 19.6 Å². The van der Waals surface area contributed by atoms with Crippen LogP contribution in [0, 0.1) is 11.3 Å². The fourth-order valence-corrected chi connectivity index (χ4v) is 1.49. The monoisotopic (exact) mass is 247 g/mol. The van der Waals surface area contributed by atoms with E-state index in [0.717, 1.165) is 5.56 Å². The maximum Gasteiger partial charge on any atom is 0.317 e. The summed E-state index contributed by atoms with van der Waals surface area (Å²) in [6.45, 7) is 2.32. The zero-order chi connectivity index (χ0) is 13.5. The van der Waals surface area contributed by atoms with E-state index in [-0.39, 0.29) is 6.03 Å². The minimum atomic E-state index is -0.546. The average molecular weight is 247 g/mol. The Morgan fingerprint density at radius 2 is 2.11 bits per heavy atom. The predicted molar refractivity (Wildman–Crippen MR) is 67.7 cm³/mol. The van der Waals surface area contributed by atoms with Gasteiger partial charge in [-0.3, -0.25) is 0 Å². The van der Waals surface area contributed by atoms with Gasteiger partial charge in [0, 0.05) is 20.1 Å². The molecule has 0 fully saturated rings. The number of carbonyl (C=O) groups is 1. The molecule has 0 aliphatic rings. The van der Waals surface area contributed by atoms with Crippen LogP contribution in [0.15, 0.2) is 24.3 Å². The Labute approximate surface area is 107 Å². The lowest BCUT2D eigenvalue weighted by Crippen LogP contribution is -2.40. The second-order valence-corrected chi connectivity index (χ2v) is 4.20. The quantitative estimate of drug-likeness (QED) is 0.836. The topological polar surface area (TPSA) is 76.4 Å². The molecule has 2 N–H and O–H groups in total. The molecule has 0 saturated carbocycles. The van der Waals surface area contributed by atoms with Crippen LogP contribution in [0.2, 0.25) is 0 Å². The van der Waals surface area contributed by atoms with E-state index in [2.05, 4.69) is 5.32 Å². The highest BCUT2D eigenvalue weighted by Crippen LogP contribution is 2.03. The number of benzene rings is 1. The largest absolute Gasteiger partial charge is 0.392 e. The van der Waals surface area contributed by atoms with Gasteiger partial charge in [0.1, 0.15) is 0 Å². The van der Waals surface area contributed by atoms with Crippen molar-refractivity contribution in [2.75, 3.05) is 13.6 Å². The Balaban J connectivity index is 2.44. The van der Waals surface area contributed by atoms with Gasteiger partial charge in [0.2, 0.25) is 0 Å². The highest BCUT2D eigenvalue weighted by Gasteiger charge is 2.09. The van der Waals surface area contributed by atoms with Crippen molar-refractivity contribution in [3.63, 3.8) is 0 Å². The van der Waals surface area contributed by atoms with E-state index in [1.165, 1.54) is 4.90 Å². The summed E-state index contributed by atoms with van der Waals surface area (Å²) >= 11 is 0. The molecule has 5 nitrogen and oxygen atoms in total. The first kappa shape index (κ1) is 14.0. The van der Waals surface area contributed by atoms with E-state index < -0.39 is 6.10 Å². The Bertz CT molecular complexity index is 435. The molecule has 0 aliphatic heterocycles. The van der Waals surface area contributed by atoms with Crippen molar-refractivity contribution in [3.05, 3.63) is 35.4 Å². The predicted octanol–water partition coefficient (Wildman–Crippen LogP) is 1.08. The van der Waals surface area contributed by atoms with E-state index in [1.54, 1.807) is 38.2 Å². The molecule has 2 amide bonds. The van der Waals surface area contributed by atoms with Crippen LogP contribution in [-0.4, -0.2) is 35.7 Å².